The highest BCUT2D eigenvalue weighted by molar-refractivity contribution is 5.90. The molecule has 2 aromatic rings. The maximum atomic E-state index is 14.1. The van der Waals surface area contributed by atoms with Gasteiger partial charge in [0.25, 0.3) is 0 Å². The average molecular weight is 341 g/mol. The van der Waals surface area contributed by atoms with Crippen molar-refractivity contribution in [3.05, 3.63) is 71.0 Å². The number of rotatable bonds is 4. The summed E-state index contributed by atoms with van der Waals surface area (Å²) in [7, 11) is 1.17. The van der Waals surface area contributed by atoms with E-state index in [0.717, 1.165) is 5.56 Å². The highest BCUT2D eigenvalue weighted by Gasteiger charge is 2.13. The van der Waals surface area contributed by atoms with E-state index in [4.69, 9.17) is 4.74 Å². The number of hydrogen-bond donors (Lipinski definition) is 1. The van der Waals surface area contributed by atoms with E-state index in [1.54, 1.807) is 0 Å². The first kappa shape index (κ1) is 18.0. The summed E-state index contributed by atoms with van der Waals surface area (Å²) in [5.41, 5.74) is 0.720. The van der Waals surface area contributed by atoms with Gasteiger partial charge in [-0.3, -0.25) is 0 Å². The van der Waals surface area contributed by atoms with Crippen molar-refractivity contribution in [1.82, 2.24) is 5.32 Å². The van der Waals surface area contributed by atoms with Gasteiger partial charge in [0.2, 0.25) is 0 Å². The van der Waals surface area contributed by atoms with Crippen LogP contribution in [0.15, 0.2) is 48.5 Å². The molecule has 0 saturated carbocycles. The third-order valence-electron chi connectivity index (χ3n) is 3.16. The fourth-order valence-electron chi connectivity index (χ4n) is 1.93. The lowest BCUT2D eigenvalue weighted by atomic mass is 10.1. The van der Waals surface area contributed by atoms with Gasteiger partial charge in [-0.25, -0.2) is 14.0 Å². The van der Waals surface area contributed by atoms with Gasteiger partial charge in [0.05, 0.1) is 24.8 Å². The molecule has 0 saturated heterocycles. The highest BCUT2D eigenvalue weighted by Crippen LogP contribution is 2.12. The quantitative estimate of drug-likeness (QED) is 0.686. The van der Waals surface area contributed by atoms with Crippen molar-refractivity contribution in [1.29, 1.82) is 0 Å². The molecule has 0 radical (unpaired) electrons. The van der Waals surface area contributed by atoms with E-state index in [1.165, 1.54) is 25.3 Å². The molecule has 5 nitrogen and oxygen atoms in total. The number of nitrogens with one attached hydrogen (secondary N) is 1. The van der Waals surface area contributed by atoms with E-state index in [-0.39, 0.29) is 24.3 Å². The van der Waals surface area contributed by atoms with Crippen LogP contribution in [0.3, 0.4) is 0 Å². The molecule has 0 aliphatic heterocycles. The molecular formula is C19H16FNO4. The second-order valence-electron chi connectivity index (χ2n) is 4.88. The molecule has 0 atom stereocenters. The fourth-order valence-corrected chi connectivity index (χ4v) is 1.93. The van der Waals surface area contributed by atoms with E-state index in [1.807, 2.05) is 30.3 Å². The van der Waals surface area contributed by atoms with E-state index in [9.17, 15) is 14.0 Å². The van der Waals surface area contributed by atoms with E-state index in [2.05, 4.69) is 21.9 Å². The van der Waals surface area contributed by atoms with Crippen LogP contribution >= 0.6 is 0 Å². The summed E-state index contributed by atoms with van der Waals surface area (Å²) in [5.74, 6) is 3.63. The Balaban J connectivity index is 1.86. The smallest absolute Gasteiger partial charge is 0.408 e. The molecule has 0 aliphatic carbocycles. The Hall–Kier alpha value is -3.33. The molecule has 2 aromatic carbocycles. The molecule has 25 heavy (non-hydrogen) atoms. The number of esters is 1. The molecule has 128 valence electrons. The van der Waals surface area contributed by atoms with Crippen LogP contribution in [0.4, 0.5) is 9.18 Å². The van der Waals surface area contributed by atoms with Crippen molar-refractivity contribution < 1.29 is 23.5 Å². The highest BCUT2D eigenvalue weighted by atomic mass is 19.1. The SMILES string of the molecule is COC(=O)c1cccc(C#CCNC(=O)OCc2ccccc2)c1F. The third kappa shape index (κ3) is 5.36. The monoisotopic (exact) mass is 341 g/mol. The van der Waals surface area contributed by atoms with Crippen molar-refractivity contribution in [2.24, 2.45) is 0 Å². The summed E-state index contributed by atoms with van der Waals surface area (Å²) in [6.07, 6.45) is -0.623. The average Bonchev–Trinajstić information content (AvgIpc) is 2.65. The predicted molar refractivity (Wildman–Crippen MR) is 89.2 cm³/mol. The van der Waals surface area contributed by atoms with Crippen LogP contribution < -0.4 is 5.32 Å². The molecule has 0 unspecified atom stereocenters. The second-order valence-corrected chi connectivity index (χ2v) is 4.88. The normalized spacial score (nSPS) is 9.52. The molecule has 2 rings (SSSR count). The number of halogens is 1. The van der Waals surface area contributed by atoms with Crippen molar-refractivity contribution >= 4 is 12.1 Å². The van der Waals surface area contributed by atoms with Gasteiger partial charge < -0.3 is 14.8 Å². The van der Waals surface area contributed by atoms with Crippen LogP contribution in [-0.4, -0.2) is 25.7 Å². The molecular weight excluding hydrogens is 325 g/mol. The minimum absolute atomic E-state index is 0.0183. The number of benzene rings is 2. The predicted octanol–water partition coefficient (Wildman–Crippen LogP) is 2.89. The van der Waals surface area contributed by atoms with E-state index in [0.29, 0.717) is 0 Å². The lowest BCUT2D eigenvalue weighted by molar-refractivity contribution is 0.0595. The first-order valence-corrected chi connectivity index (χ1v) is 7.42. The molecule has 6 heteroatoms. The fraction of sp³-hybridized carbons (Fsp3) is 0.158. The van der Waals surface area contributed by atoms with Gasteiger partial charge in [-0.2, -0.15) is 0 Å². The Kier molecular flexibility index (Phi) is 6.55. The van der Waals surface area contributed by atoms with Crippen molar-refractivity contribution in [2.45, 2.75) is 6.61 Å². The number of methoxy groups -OCH3 is 1. The maximum Gasteiger partial charge on any atom is 0.408 e. The first-order valence-electron chi connectivity index (χ1n) is 7.42. The first-order chi connectivity index (χ1) is 12.1. The summed E-state index contributed by atoms with van der Waals surface area (Å²) in [4.78, 5) is 23.0. The summed E-state index contributed by atoms with van der Waals surface area (Å²) in [6.45, 7) is 0.130. The molecule has 0 aromatic heterocycles. The third-order valence-corrected chi connectivity index (χ3v) is 3.16. The number of ether oxygens (including phenoxy) is 2. The maximum absolute atomic E-state index is 14.1. The van der Waals surface area contributed by atoms with Crippen LogP contribution in [0.1, 0.15) is 21.5 Å². The van der Waals surface area contributed by atoms with Crippen molar-refractivity contribution in [2.75, 3.05) is 13.7 Å². The number of alkyl carbamates (subject to hydrolysis) is 1. The van der Waals surface area contributed by atoms with Crippen LogP contribution in [0, 0.1) is 17.7 Å². The van der Waals surface area contributed by atoms with Crippen molar-refractivity contribution in [3.8, 4) is 11.8 Å². The minimum atomic E-state index is -0.774. The Morgan fingerprint density at radius 3 is 2.60 bits per heavy atom. The zero-order chi connectivity index (χ0) is 18.1. The summed E-state index contributed by atoms with van der Waals surface area (Å²) in [5, 5.41) is 2.44. The lowest BCUT2D eigenvalue weighted by Crippen LogP contribution is -2.24. The van der Waals surface area contributed by atoms with Crippen LogP contribution in [0.2, 0.25) is 0 Å². The molecule has 0 bridgehead atoms. The number of carbonyl (C=O) groups excluding carboxylic acids is 2. The Morgan fingerprint density at radius 1 is 1.12 bits per heavy atom. The summed E-state index contributed by atoms with van der Waals surface area (Å²) < 4.78 is 23.6. The summed E-state index contributed by atoms with van der Waals surface area (Å²) >= 11 is 0. The minimum Gasteiger partial charge on any atom is -0.465 e. The molecule has 0 aliphatic rings. The van der Waals surface area contributed by atoms with Gasteiger partial charge in [0.15, 0.2) is 5.82 Å². The lowest BCUT2D eigenvalue weighted by Gasteiger charge is -2.04. The van der Waals surface area contributed by atoms with Gasteiger partial charge in [-0.15, -0.1) is 0 Å². The van der Waals surface area contributed by atoms with Gasteiger partial charge in [-0.1, -0.05) is 48.2 Å². The Morgan fingerprint density at radius 2 is 1.88 bits per heavy atom. The number of amides is 1. The van der Waals surface area contributed by atoms with Gasteiger partial charge >= 0.3 is 12.1 Å². The second kappa shape index (κ2) is 9.08. The summed E-state index contributed by atoms with van der Waals surface area (Å²) in [6, 6.07) is 13.5. The zero-order valence-electron chi connectivity index (χ0n) is 13.5. The van der Waals surface area contributed by atoms with Gasteiger partial charge in [0.1, 0.15) is 6.61 Å². The van der Waals surface area contributed by atoms with E-state index >= 15 is 0 Å². The molecule has 1 amide bonds. The van der Waals surface area contributed by atoms with Gasteiger partial charge in [0, 0.05) is 0 Å². The van der Waals surface area contributed by atoms with Crippen molar-refractivity contribution in [3.63, 3.8) is 0 Å². The Labute approximate surface area is 144 Å². The molecule has 1 N–H and O–H groups in total. The van der Waals surface area contributed by atoms with Gasteiger partial charge in [-0.05, 0) is 17.7 Å². The molecule has 0 spiro atoms. The largest absolute Gasteiger partial charge is 0.465 e. The standard InChI is InChI=1S/C19H16FNO4/c1-24-18(22)16-11-5-9-15(17(16)20)10-6-12-21-19(23)25-13-14-7-3-2-4-8-14/h2-5,7-9,11H,12-13H2,1H3,(H,21,23). The molecule has 0 heterocycles. The number of hydrogen-bond acceptors (Lipinski definition) is 4. The topological polar surface area (TPSA) is 64.6 Å². The molecule has 0 fully saturated rings. The number of carbonyl (C=O) groups is 2. The van der Waals surface area contributed by atoms with Crippen LogP contribution in [0.25, 0.3) is 0 Å². The Bertz CT molecular complexity index is 809. The van der Waals surface area contributed by atoms with Crippen LogP contribution in [-0.2, 0) is 16.1 Å². The zero-order valence-corrected chi connectivity index (χ0v) is 13.5. The van der Waals surface area contributed by atoms with E-state index < -0.39 is 17.9 Å². The van der Waals surface area contributed by atoms with Crippen LogP contribution in [0.5, 0.6) is 0 Å².